The second kappa shape index (κ2) is 7.82. The van der Waals surface area contributed by atoms with E-state index in [2.05, 4.69) is 10.5 Å². The lowest BCUT2D eigenvalue weighted by Gasteiger charge is -2.12. The molecule has 0 bridgehead atoms. The van der Waals surface area contributed by atoms with Crippen LogP contribution < -0.4 is 19.6 Å². The molecule has 0 fully saturated rings. The molecule has 140 valence electrons. The summed E-state index contributed by atoms with van der Waals surface area (Å²) in [5, 5.41) is 4.91. The van der Waals surface area contributed by atoms with Gasteiger partial charge in [0.25, 0.3) is 0 Å². The Bertz CT molecular complexity index is 982. The highest BCUT2D eigenvalue weighted by Crippen LogP contribution is 2.32. The van der Waals surface area contributed by atoms with Crippen molar-refractivity contribution >= 4 is 23.1 Å². The molecule has 7 nitrogen and oxygen atoms in total. The van der Waals surface area contributed by atoms with E-state index in [0.717, 1.165) is 10.9 Å². The highest BCUT2D eigenvalue weighted by Gasteiger charge is 2.17. The molecule has 1 amide bonds. The molecule has 1 aromatic heterocycles. The van der Waals surface area contributed by atoms with Gasteiger partial charge >= 0.3 is 5.91 Å². The van der Waals surface area contributed by atoms with Crippen molar-refractivity contribution in [2.75, 3.05) is 21.3 Å². The van der Waals surface area contributed by atoms with Crippen LogP contribution in [0.3, 0.4) is 0 Å². The molecule has 0 aliphatic rings. The van der Waals surface area contributed by atoms with E-state index >= 15 is 0 Å². The predicted molar refractivity (Wildman–Crippen MR) is 102 cm³/mol. The average Bonchev–Trinajstić information content (AvgIpc) is 3.04. The van der Waals surface area contributed by atoms with Gasteiger partial charge in [0.15, 0.2) is 5.76 Å². The maximum absolute atomic E-state index is 12.4. The van der Waals surface area contributed by atoms with Gasteiger partial charge < -0.3 is 18.6 Å². The largest absolute Gasteiger partial charge is 0.496 e. The van der Waals surface area contributed by atoms with Gasteiger partial charge in [0, 0.05) is 23.1 Å². The molecule has 2 aromatic carbocycles. The molecule has 1 heterocycles. The number of carbonyl (C=O) groups is 1. The minimum Gasteiger partial charge on any atom is -0.496 e. The molecule has 0 saturated heterocycles. The summed E-state index contributed by atoms with van der Waals surface area (Å²) in [7, 11) is 4.61. The summed E-state index contributed by atoms with van der Waals surface area (Å²) in [5.41, 5.74) is 4.46. The zero-order chi connectivity index (χ0) is 19.4. The molecule has 1 N–H and O–H groups in total. The number of para-hydroxylation sites is 1. The van der Waals surface area contributed by atoms with E-state index in [9.17, 15) is 4.79 Å². The number of benzene rings is 2. The Morgan fingerprint density at radius 1 is 1.07 bits per heavy atom. The summed E-state index contributed by atoms with van der Waals surface area (Å²) in [6, 6.07) is 10.9. The van der Waals surface area contributed by atoms with Crippen molar-refractivity contribution in [3.05, 3.63) is 53.3 Å². The van der Waals surface area contributed by atoms with Gasteiger partial charge in [0.1, 0.15) is 22.8 Å². The molecule has 0 spiro atoms. The fourth-order valence-electron chi connectivity index (χ4n) is 2.76. The maximum Gasteiger partial charge on any atom is 0.307 e. The second-order valence-corrected chi connectivity index (χ2v) is 5.70. The minimum absolute atomic E-state index is 0.224. The van der Waals surface area contributed by atoms with E-state index in [0.29, 0.717) is 28.4 Å². The summed E-state index contributed by atoms with van der Waals surface area (Å²) in [6.45, 7) is 1.83. The van der Waals surface area contributed by atoms with Gasteiger partial charge in [-0.05, 0) is 13.0 Å². The van der Waals surface area contributed by atoms with Crippen LogP contribution in [0.5, 0.6) is 17.2 Å². The number of hydrogen-bond donors (Lipinski definition) is 1. The van der Waals surface area contributed by atoms with Crippen LogP contribution in [-0.2, 0) is 0 Å². The highest BCUT2D eigenvalue weighted by molar-refractivity contribution is 5.99. The molecule has 0 unspecified atom stereocenters. The number of methoxy groups -OCH3 is 3. The number of rotatable bonds is 6. The number of nitrogens with one attached hydrogen (secondary N) is 1. The van der Waals surface area contributed by atoms with Crippen molar-refractivity contribution in [1.82, 2.24) is 5.43 Å². The van der Waals surface area contributed by atoms with Gasteiger partial charge in [-0.1, -0.05) is 18.2 Å². The van der Waals surface area contributed by atoms with Gasteiger partial charge in [-0.15, -0.1) is 0 Å². The van der Waals surface area contributed by atoms with Crippen LogP contribution in [0.15, 0.2) is 45.9 Å². The number of fused-ring (bicyclic) bond motifs is 1. The average molecular weight is 368 g/mol. The van der Waals surface area contributed by atoms with Crippen LogP contribution in [0.4, 0.5) is 0 Å². The maximum atomic E-state index is 12.4. The van der Waals surface area contributed by atoms with E-state index in [-0.39, 0.29) is 5.76 Å². The Balaban J connectivity index is 1.84. The number of aryl methyl sites for hydroxylation is 1. The Morgan fingerprint density at radius 3 is 2.33 bits per heavy atom. The Labute approximate surface area is 156 Å². The smallest absolute Gasteiger partial charge is 0.307 e. The van der Waals surface area contributed by atoms with Crippen molar-refractivity contribution in [1.29, 1.82) is 0 Å². The van der Waals surface area contributed by atoms with Gasteiger partial charge in [-0.25, -0.2) is 5.43 Å². The van der Waals surface area contributed by atoms with E-state index in [4.69, 9.17) is 18.6 Å². The zero-order valence-corrected chi connectivity index (χ0v) is 15.5. The molecule has 0 aliphatic heterocycles. The van der Waals surface area contributed by atoms with Crippen molar-refractivity contribution in [2.24, 2.45) is 5.10 Å². The third-order valence-electron chi connectivity index (χ3n) is 4.16. The van der Waals surface area contributed by atoms with Gasteiger partial charge in [0.05, 0.1) is 33.1 Å². The van der Waals surface area contributed by atoms with Crippen molar-refractivity contribution in [3.63, 3.8) is 0 Å². The highest BCUT2D eigenvalue weighted by atomic mass is 16.5. The third-order valence-corrected chi connectivity index (χ3v) is 4.16. The predicted octanol–water partition coefficient (Wildman–Crippen LogP) is 3.53. The molecular formula is C20H20N2O5. The van der Waals surface area contributed by atoms with Crippen LogP contribution in [0.25, 0.3) is 11.0 Å². The lowest BCUT2D eigenvalue weighted by Crippen LogP contribution is -2.18. The fraction of sp³-hybridized carbons (Fsp3) is 0.200. The normalized spacial score (nSPS) is 11.0. The summed E-state index contributed by atoms with van der Waals surface area (Å²) < 4.78 is 21.5. The van der Waals surface area contributed by atoms with E-state index in [1.165, 1.54) is 20.4 Å². The molecule has 3 aromatic rings. The van der Waals surface area contributed by atoms with Crippen molar-refractivity contribution in [2.45, 2.75) is 6.92 Å². The van der Waals surface area contributed by atoms with E-state index in [1.807, 2.05) is 31.2 Å². The minimum atomic E-state index is -0.439. The third kappa shape index (κ3) is 3.57. The standard InChI is InChI=1S/C20H20N2O5/c1-12-14-7-5-6-8-16(14)27-19(12)20(23)22-21-11-15-17(25-3)9-13(24-2)10-18(15)26-4/h5-11H,1-4H3,(H,22,23)/b21-11-. The molecule has 27 heavy (non-hydrogen) atoms. The first-order valence-corrected chi connectivity index (χ1v) is 8.20. The van der Waals surface area contributed by atoms with E-state index in [1.54, 1.807) is 19.2 Å². The molecule has 3 rings (SSSR count). The molecule has 0 radical (unpaired) electrons. The van der Waals surface area contributed by atoms with E-state index < -0.39 is 5.91 Å². The van der Waals surface area contributed by atoms with Crippen LogP contribution >= 0.6 is 0 Å². The number of furan rings is 1. The lowest BCUT2D eigenvalue weighted by molar-refractivity contribution is 0.0928. The van der Waals surface area contributed by atoms with Crippen LogP contribution in [-0.4, -0.2) is 33.5 Å². The number of hydrazone groups is 1. The first kappa shape index (κ1) is 18.3. The van der Waals surface area contributed by atoms with Crippen LogP contribution in [0, 0.1) is 6.92 Å². The van der Waals surface area contributed by atoms with Gasteiger partial charge in [-0.3, -0.25) is 4.79 Å². The molecule has 0 aliphatic carbocycles. The zero-order valence-electron chi connectivity index (χ0n) is 15.5. The number of amides is 1. The Morgan fingerprint density at radius 2 is 1.74 bits per heavy atom. The fourth-order valence-corrected chi connectivity index (χ4v) is 2.76. The van der Waals surface area contributed by atoms with Crippen LogP contribution in [0.1, 0.15) is 21.7 Å². The lowest BCUT2D eigenvalue weighted by atomic mass is 10.1. The topological polar surface area (TPSA) is 82.3 Å². The molecule has 0 atom stereocenters. The molecule has 0 saturated carbocycles. The van der Waals surface area contributed by atoms with Gasteiger partial charge in [0.2, 0.25) is 0 Å². The quantitative estimate of drug-likeness (QED) is 0.532. The summed E-state index contributed by atoms with van der Waals surface area (Å²) in [4.78, 5) is 12.4. The molecule has 7 heteroatoms. The molecular weight excluding hydrogens is 348 g/mol. The van der Waals surface area contributed by atoms with Crippen molar-refractivity contribution < 1.29 is 23.4 Å². The van der Waals surface area contributed by atoms with Crippen molar-refractivity contribution in [3.8, 4) is 17.2 Å². The second-order valence-electron chi connectivity index (χ2n) is 5.70. The summed E-state index contributed by atoms with van der Waals surface area (Å²) >= 11 is 0. The summed E-state index contributed by atoms with van der Waals surface area (Å²) in [5.74, 6) is 1.38. The Kier molecular flexibility index (Phi) is 5.30. The first-order chi connectivity index (χ1) is 13.1. The number of ether oxygens (including phenoxy) is 3. The number of nitrogens with zero attached hydrogens (tertiary/aromatic N) is 1. The van der Waals surface area contributed by atoms with Gasteiger partial charge in [-0.2, -0.15) is 5.10 Å². The number of carbonyl (C=O) groups excluding carboxylic acids is 1. The monoisotopic (exact) mass is 368 g/mol. The first-order valence-electron chi connectivity index (χ1n) is 8.20. The van der Waals surface area contributed by atoms with Crippen LogP contribution in [0.2, 0.25) is 0 Å². The summed E-state index contributed by atoms with van der Waals surface area (Å²) in [6.07, 6.45) is 1.45. The number of hydrogen-bond acceptors (Lipinski definition) is 6. The Hall–Kier alpha value is -3.48. The SMILES string of the molecule is COc1cc(OC)c(/C=N\NC(=O)c2oc3ccccc3c2C)c(OC)c1.